The number of hydrogen-bond donors (Lipinski definition) is 0. The van der Waals surface area contributed by atoms with Gasteiger partial charge >= 0.3 is 12.3 Å². The second kappa shape index (κ2) is 11.8. The van der Waals surface area contributed by atoms with Gasteiger partial charge in [-0.2, -0.15) is 0 Å². The summed E-state index contributed by atoms with van der Waals surface area (Å²) in [5.41, 5.74) is 2.12. The van der Waals surface area contributed by atoms with E-state index in [0.717, 1.165) is 49.7 Å². The second-order valence-electron chi connectivity index (χ2n) is 11.6. The Labute approximate surface area is 259 Å². The number of thiazole rings is 1. The molecule has 0 spiro atoms. The Morgan fingerprint density at radius 1 is 1.07 bits per heavy atom. The molecule has 8 nitrogen and oxygen atoms in total. The maximum Gasteiger partial charge on any atom is 0.573 e. The SMILES string of the molecule is COC(=O)c1ccc(-c2csc(N3[C@@H]4CC[C@H]3C[C@@H](OCc3c(-c5ccccc5OC(F)(F)F)noc3C3CC3)C4)n2)c(F)c1. The molecule has 236 valence electrons. The van der Waals surface area contributed by atoms with Crippen molar-refractivity contribution < 1.29 is 41.1 Å². The zero-order valence-electron chi connectivity index (χ0n) is 24.2. The number of benzene rings is 2. The largest absolute Gasteiger partial charge is 0.573 e. The van der Waals surface area contributed by atoms with Crippen LogP contribution >= 0.6 is 11.3 Å². The number of carbonyl (C=O) groups excluding carboxylic acids is 1. The molecule has 0 unspecified atom stereocenters. The zero-order valence-corrected chi connectivity index (χ0v) is 25.0. The van der Waals surface area contributed by atoms with Gasteiger partial charge in [-0.25, -0.2) is 14.2 Å². The zero-order chi connectivity index (χ0) is 31.3. The van der Waals surface area contributed by atoms with Gasteiger partial charge in [0.05, 0.1) is 31.1 Å². The number of aromatic nitrogens is 2. The van der Waals surface area contributed by atoms with E-state index in [1.54, 1.807) is 12.1 Å². The minimum Gasteiger partial charge on any atom is -0.465 e. The number of ether oxygens (including phenoxy) is 3. The monoisotopic (exact) mass is 643 g/mol. The summed E-state index contributed by atoms with van der Waals surface area (Å²) in [6.07, 6.45) is 0.384. The van der Waals surface area contributed by atoms with Crippen LogP contribution in [0.25, 0.3) is 22.5 Å². The minimum absolute atomic E-state index is 0.0713. The van der Waals surface area contributed by atoms with E-state index in [0.29, 0.717) is 28.3 Å². The van der Waals surface area contributed by atoms with Crippen molar-refractivity contribution >= 4 is 22.4 Å². The summed E-state index contributed by atoms with van der Waals surface area (Å²) < 4.78 is 75.4. The Hall–Kier alpha value is -3.97. The first-order chi connectivity index (χ1) is 21.7. The number of esters is 1. The van der Waals surface area contributed by atoms with E-state index in [2.05, 4.69) is 19.5 Å². The van der Waals surface area contributed by atoms with Crippen molar-refractivity contribution in [2.24, 2.45) is 0 Å². The van der Waals surface area contributed by atoms with Crippen LogP contribution in [0.2, 0.25) is 0 Å². The fourth-order valence-electron chi connectivity index (χ4n) is 6.47. The summed E-state index contributed by atoms with van der Waals surface area (Å²) in [5, 5.41) is 6.81. The van der Waals surface area contributed by atoms with Crippen molar-refractivity contribution in [1.82, 2.24) is 10.1 Å². The maximum atomic E-state index is 14.9. The molecule has 3 fully saturated rings. The van der Waals surface area contributed by atoms with E-state index in [-0.39, 0.29) is 47.6 Å². The van der Waals surface area contributed by atoms with Gasteiger partial charge in [-0.3, -0.25) is 0 Å². The van der Waals surface area contributed by atoms with Crippen molar-refractivity contribution in [2.75, 3.05) is 12.0 Å². The van der Waals surface area contributed by atoms with Crippen LogP contribution in [-0.2, 0) is 16.1 Å². The lowest BCUT2D eigenvalue weighted by atomic mass is 10.00. The molecular formula is C32H29F4N3O5S. The standard InChI is InChI=1S/C32H29F4N3O5S/c1-41-30(40)18-8-11-22(25(33)12-18)26-16-45-31(37-26)39-19-9-10-20(39)14-21(13-19)42-15-24-28(38-44-29(24)17-6-7-17)23-4-2-3-5-27(23)43-32(34,35)36/h2-5,8,11-12,16-17,19-21H,6-7,9-10,13-15H2,1H3/t19-,20+,21+. The fraction of sp³-hybridized carbons (Fsp3) is 0.406. The van der Waals surface area contributed by atoms with Gasteiger partial charge in [-0.05, 0) is 68.9 Å². The number of alkyl halides is 3. The second-order valence-corrected chi connectivity index (χ2v) is 12.4. The summed E-state index contributed by atoms with van der Waals surface area (Å²) in [7, 11) is 1.25. The van der Waals surface area contributed by atoms with Crippen LogP contribution in [0, 0.1) is 5.82 Å². The molecule has 2 aromatic heterocycles. The Kier molecular flexibility index (Phi) is 7.76. The van der Waals surface area contributed by atoms with E-state index in [1.807, 2.05) is 5.38 Å². The Bertz CT molecular complexity index is 1700. The predicted molar refractivity (Wildman–Crippen MR) is 157 cm³/mol. The van der Waals surface area contributed by atoms with Gasteiger partial charge in [0.15, 0.2) is 5.13 Å². The Morgan fingerprint density at radius 2 is 1.82 bits per heavy atom. The third-order valence-corrected chi connectivity index (χ3v) is 9.52. The lowest BCUT2D eigenvalue weighted by molar-refractivity contribution is -0.274. The van der Waals surface area contributed by atoms with Crippen LogP contribution in [0.1, 0.15) is 66.1 Å². The average Bonchev–Trinajstić information content (AvgIpc) is 3.48. The summed E-state index contributed by atoms with van der Waals surface area (Å²) in [6.45, 7) is 0.164. The first-order valence-corrected chi connectivity index (χ1v) is 15.6. The molecule has 4 heterocycles. The molecule has 3 aliphatic rings. The predicted octanol–water partition coefficient (Wildman–Crippen LogP) is 7.88. The number of methoxy groups -OCH3 is 1. The number of piperidine rings is 1. The summed E-state index contributed by atoms with van der Waals surface area (Å²) in [5.74, 6) is -0.648. The van der Waals surface area contributed by atoms with Crippen LogP contribution in [0.5, 0.6) is 5.75 Å². The average molecular weight is 644 g/mol. The maximum absolute atomic E-state index is 14.9. The Morgan fingerprint density at radius 3 is 2.51 bits per heavy atom. The van der Waals surface area contributed by atoms with E-state index >= 15 is 0 Å². The number of halogens is 4. The molecule has 2 saturated heterocycles. The van der Waals surface area contributed by atoms with Crippen LogP contribution in [-0.4, -0.2) is 47.8 Å². The molecule has 1 saturated carbocycles. The molecular weight excluding hydrogens is 614 g/mol. The Balaban J connectivity index is 1.06. The number of rotatable bonds is 9. The first kappa shape index (κ1) is 29.7. The molecule has 1 aliphatic carbocycles. The normalized spacial score (nSPS) is 21.3. The molecule has 0 radical (unpaired) electrons. The van der Waals surface area contributed by atoms with E-state index < -0.39 is 18.1 Å². The highest BCUT2D eigenvalue weighted by atomic mass is 32.1. The molecule has 2 bridgehead atoms. The van der Waals surface area contributed by atoms with Gasteiger partial charge in [0.2, 0.25) is 0 Å². The molecule has 0 N–H and O–H groups in total. The molecule has 13 heteroatoms. The van der Waals surface area contributed by atoms with E-state index in [1.165, 1.54) is 42.7 Å². The molecule has 0 amide bonds. The van der Waals surface area contributed by atoms with E-state index in [4.69, 9.17) is 14.2 Å². The number of anilines is 1. The first-order valence-electron chi connectivity index (χ1n) is 14.8. The van der Waals surface area contributed by atoms with Crippen molar-refractivity contribution in [2.45, 2.75) is 75.6 Å². The van der Waals surface area contributed by atoms with Crippen LogP contribution in [0.4, 0.5) is 22.7 Å². The minimum atomic E-state index is -4.84. The smallest absolute Gasteiger partial charge is 0.465 e. The molecule has 2 aromatic carbocycles. The summed E-state index contributed by atoms with van der Waals surface area (Å²) in [6, 6.07) is 10.5. The molecule has 2 aliphatic heterocycles. The topological polar surface area (TPSA) is 86.9 Å². The third-order valence-electron chi connectivity index (χ3n) is 8.67. The quantitative estimate of drug-likeness (QED) is 0.135. The fourth-order valence-corrected chi connectivity index (χ4v) is 7.43. The highest BCUT2D eigenvalue weighted by molar-refractivity contribution is 7.14. The van der Waals surface area contributed by atoms with Gasteiger partial charge in [0.25, 0.3) is 0 Å². The van der Waals surface area contributed by atoms with Crippen molar-refractivity contribution in [1.29, 1.82) is 0 Å². The molecule has 3 atom stereocenters. The summed E-state index contributed by atoms with van der Waals surface area (Å²) in [4.78, 5) is 18.8. The van der Waals surface area contributed by atoms with Gasteiger partial charge < -0.3 is 23.6 Å². The molecule has 4 aromatic rings. The van der Waals surface area contributed by atoms with Crippen molar-refractivity contribution in [3.05, 3.63) is 70.5 Å². The van der Waals surface area contributed by atoms with Crippen molar-refractivity contribution in [3.8, 4) is 28.3 Å². The molecule has 45 heavy (non-hydrogen) atoms. The van der Waals surface area contributed by atoms with E-state index in [9.17, 15) is 22.4 Å². The highest BCUT2D eigenvalue weighted by Gasteiger charge is 2.43. The van der Waals surface area contributed by atoms with Crippen LogP contribution < -0.4 is 9.64 Å². The van der Waals surface area contributed by atoms with Gasteiger partial charge in [-0.15, -0.1) is 24.5 Å². The highest BCUT2D eigenvalue weighted by Crippen LogP contribution is 2.47. The lowest BCUT2D eigenvalue weighted by Crippen LogP contribution is -2.45. The summed E-state index contributed by atoms with van der Waals surface area (Å²) >= 11 is 1.45. The lowest BCUT2D eigenvalue weighted by Gasteiger charge is -2.38. The van der Waals surface area contributed by atoms with Gasteiger partial charge in [0, 0.05) is 40.1 Å². The van der Waals surface area contributed by atoms with Crippen LogP contribution in [0.3, 0.4) is 0 Å². The van der Waals surface area contributed by atoms with Gasteiger partial charge in [0.1, 0.15) is 23.0 Å². The number of hydrogen-bond acceptors (Lipinski definition) is 9. The number of nitrogens with zero attached hydrogens (tertiary/aromatic N) is 3. The molecule has 7 rings (SSSR count). The van der Waals surface area contributed by atoms with Crippen molar-refractivity contribution in [3.63, 3.8) is 0 Å². The van der Waals surface area contributed by atoms with Gasteiger partial charge in [-0.1, -0.05) is 17.3 Å². The number of para-hydroxylation sites is 1. The number of fused-ring (bicyclic) bond motifs is 2. The third kappa shape index (κ3) is 6.02. The number of carbonyl (C=O) groups is 1. The van der Waals surface area contributed by atoms with Crippen LogP contribution in [0.15, 0.2) is 52.4 Å².